The largest absolute Gasteiger partial charge is 0.399 e. The molecule has 38 heavy (non-hydrogen) atoms. The Hall–Kier alpha value is -3.50. The zero-order valence-corrected chi connectivity index (χ0v) is 21.2. The normalized spacial score (nSPS) is 17.3. The number of anilines is 1. The van der Waals surface area contributed by atoms with E-state index in [1.54, 1.807) is 34.0 Å². The number of halogens is 3. The number of pyridine rings is 3. The van der Waals surface area contributed by atoms with Gasteiger partial charge in [0.25, 0.3) is 0 Å². The van der Waals surface area contributed by atoms with Gasteiger partial charge in [0.15, 0.2) is 0 Å². The lowest BCUT2D eigenvalue weighted by atomic mass is 9.74. The summed E-state index contributed by atoms with van der Waals surface area (Å²) in [6, 6.07) is 13.7. The average molecular weight is 536 g/mol. The monoisotopic (exact) mass is 535 g/mol. The van der Waals surface area contributed by atoms with Gasteiger partial charge in [-0.2, -0.15) is 13.2 Å². The predicted molar refractivity (Wildman–Crippen MR) is 141 cm³/mol. The maximum absolute atomic E-state index is 14.1. The maximum Gasteiger partial charge on any atom is 0.399 e. The third-order valence-electron chi connectivity index (χ3n) is 7.38. The van der Waals surface area contributed by atoms with Gasteiger partial charge in [-0.25, -0.2) is 0 Å². The van der Waals surface area contributed by atoms with E-state index in [9.17, 15) is 18.0 Å². The fourth-order valence-corrected chi connectivity index (χ4v) is 6.37. The van der Waals surface area contributed by atoms with Gasteiger partial charge in [-0.05, 0) is 35.9 Å². The van der Waals surface area contributed by atoms with Crippen molar-refractivity contribution < 1.29 is 18.0 Å². The number of rotatable bonds is 5. The number of hydrogen-bond donors (Lipinski definition) is 0. The Balaban J connectivity index is 1.35. The van der Waals surface area contributed by atoms with Crippen LogP contribution in [0.2, 0.25) is 0 Å². The molecule has 1 amide bonds. The number of hydrogen-bond acceptors (Lipinski definition) is 6. The van der Waals surface area contributed by atoms with Crippen LogP contribution in [0, 0.1) is 0 Å². The lowest BCUT2D eigenvalue weighted by molar-refractivity contribution is -0.124. The maximum atomic E-state index is 14.1. The first kappa shape index (κ1) is 24.8. The Kier molecular flexibility index (Phi) is 6.31. The van der Waals surface area contributed by atoms with Crippen LogP contribution in [-0.2, 0) is 16.8 Å². The average Bonchev–Trinajstić information content (AvgIpc) is 3.15. The molecule has 0 N–H and O–H groups in total. The second-order valence-corrected chi connectivity index (χ2v) is 10.7. The van der Waals surface area contributed by atoms with Gasteiger partial charge in [0.1, 0.15) is 5.75 Å². The number of carbonyl (C=O) groups is 1. The molecule has 1 fully saturated rings. The Morgan fingerprint density at radius 1 is 0.947 bits per heavy atom. The highest BCUT2D eigenvalue weighted by atomic mass is 32.2. The minimum Gasteiger partial charge on any atom is -0.304 e. The molecule has 6 rings (SSSR count). The van der Waals surface area contributed by atoms with Gasteiger partial charge in [-0.3, -0.25) is 24.1 Å². The van der Waals surface area contributed by atoms with Crippen molar-refractivity contribution in [2.75, 3.05) is 23.7 Å². The lowest BCUT2D eigenvalue weighted by Crippen LogP contribution is -2.47. The van der Waals surface area contributed by atoms with Crippen molar-refractivity contribution in [1.82, 2.24) is 19.3 Å². The molecule has 6 nitrogen and oxygen atoms in total. The molecule has 1 saturated heterocycles. The number of fused-ring (bicyclic) bond motifs is 3. The van der Waals surface area contributed by atoms with Crippen LogP contribution in [0.15, 0.2) is 73.4 Å². The fourth-order valence-electron chi connectivity index (χ4n) is 5.60. The summed E-state index contributed by atoms with van der Waals surface area (Å²) in [7, 11) is 0. The molecule has 0 unspecified atom stereocenters. The zero-order chi connectivity index (χ0) is 26.3. The van der Waals surface area contributed by atoms with Crippen LogP contribution < -0.4 is 4.90 Å². The second-order valence-electron chi connectivity index (χ2n) is 9.59. The summed E-state index contributed by atoms with van der Waals surface area (Å²) in [5, 5.41) is 2.01. The molecule has 0 aliphatic carbocycles. The first-order valence-electron chi connectivity index (χ1n) is 12.3. The molecule has 2 aliphatic heterocycles. The van der Waals surface area contributed by atoms with Crippen molar-refractivity contribution in [3.8, 4) is 11.1 Å². The van der Waals surface area contributed by atoms with Crippen LogP contribution in [0.4, 0.5) is 18.9 Å². The highest BCUT2D eigenvalue weighted by Crippen LogP contribution is 2.49. The van der Waals surface area contributed by atoms with Crippen LogP contribution in [0.3, 0.4) is 0 Å². The van der Waals surface area contributed by atoms with Gasteiger partial charge in [0.2, 0.25) is 5.91 Å². The van der Waals surface area contributed by atoms with E-state index in [1.807, 2.05) is 48.7 Å². The number of benzene rings is 1. The quantitative estimate of drug-likeness (QED) is 0.302. The molecular formula is C28H24F3N5OS. The predicted octanol–water partition coefficient (Wildman–Crippen LogP) is 5.78. The fraction of sp³-hybridized carbons (Fsp3) is 0.286. The van der Waals surface area contributed by atoms with E-state index < -0.39 is 17.3 Å². The SMILES string of the molecule is O=C1N(Cc2ncc3ccccc3c2-c2cccnc2)c2cnccc2C12CCN(SCC(F)(F)F)CC2. The molecule has 0 atom stereocenters. The van der Waals surface area contributed by atoms with Crippen LogP contribution in [-0.4, -0.2) is 50.2 Å². The highest BCUT2D eigenvalue weighted by Gasteiger charge is 2.52. The summed E-state index contributed by atoms with van der Waals surface area (Å²) in [6.45, 7) is 1.05. The molecule has 10 heteroatoms. The van der Waals surface area contributed by atoms with Crippen molar-refractivity contribution in [1.29, 1.82) is 0 Å². The molecule has 1 aromatic carbocycles. The Morgan fingerprint density at radius 3 is 2.50 bits per heavy atom. The van der Waals surface area contributed by atoms with Gasteiger partial charge in [-0.15, -0.1) is 0 Å². The van der Waals surface area contributed by atoms with E-state index in [1.165, 1.54) is 0 Å². The first-order valence-corrected chi connectivity index (χ1v) is 13.3. The van der Waals surface area contributed by atoms with Gasteiger partial charge < -0.3 is 4.90 Å². The van der Waals surface area contributed by atoms with E-state index in [4.69, 9.17) is 4.98 Å². The van der Waals surface area contributed by atoms with Gasteiger partial charge >= 0.3 is 6.18 Å². The molecule has 0 bridgehead atoms. The number of nitrogens with zero attached hydrogens (tertiary/aromatic N) is 5. The molecule has 3 aromatic heterocycles. The van der Waals surface area contributed by atoms with Crippen molar-refractivity contribution in [3.63, 3.8) is 0 Å². The van der Waals surface area contributed by atoms with E-state index in [2.05, 4.69) is 9.97 Å². The standard InChI is InChI=1S/C28H24F3N5OS/c29-28(30,31)18-38-35-12-8-27(9-13-35)22-7-11-33-16-24(22)36(26(27)37)17-23-25(20-5-3-10-32-14-20)21-6-2-1-4-19(21)15-34-23/h1-7,10-11,14-16H,8-9,12-13,17-18H2. The molecule has 5 heterocycles. The molecule has 0 radical (unpaired) electrons. The van der Waals surface area contributed by atoms with Crippen molar-refractivity contribution in [2.24, 2.45) is 0 Å². The van der Waals surface area contributed by atoms with Crippen molar-refractivity contribution >= 4 is 34.3 Å². The van der Waals surface area contributed by atoms with Gasteiger partial charge in [0, 0.05) is 54.4 Å². The zero-order valence-electron chi connectivity index (χ0n) is 20.4. The Morgan fingerprint density at radius 2 is 1.74 bits per heavy atom. The van der Waals surface area contributed by atoms with E-state index >= 15 is 0 Å². The Bertz CT molecular complexity index is 1490. The van der Waals surface area contributed by atoms with E-state index in [-0.39, 0.29) is 12.5 Å². The summed E-state index contributed by atoms with van der Waals surface area (Å²) in [6.07, 6.45) is 5.39. The smallest absolute Gasteiger partial charge is 0.304 e. The highest BCUT2D eigenvalue weighted by molar-refractivity contribution is 7.97. The minimum absolute atomic E-state index is 0.0481. The van der Waals surface area contributed by atoms with Crippen molar-refractivity contribution in [2.45, 2.75) is 31.0 Å². The number of amides is 1. The summed E-state index contributed by atoms with van der Waals surface area (Å²) >= 11 is 0.788. The molecule has 1 spiro atoms. The topological polar surface area (TPSA) is 62.2 Å². The van der Waals surface area contributed by atoms with Crippen LogP contribution in [0.1, 0.15) is 24.1 Å². The van der Waals surface area contributed by atoms with E-state index in [0.717, 1.165) is 50.8 Å². The molecule has 2 aliphatic rings. The molecule has 0 saturated carbocycles. The van der Waals surface area contributed by atoms with Crippen LogP contribution >= 0.6 is 11.9 Å². The number of aromatic nitrogens is 3. The van der Waals surface area contributed by atoms with E-state index in [0.29, 0.717) is 25.9 Å². The Labute approximate surface area is 222 Å². The lowest BCUT2D eigenvalue weighted by Gasteiger charge is -2.38. The van der Waals surface area contributed by atoms with Crippen LogP contribution in [0.5, 0.6) is 0 Å². The summed E-state index contributed by atoms with van der Waals surface area (Å²) < 4.78 is 40.0. The number of carbonyl (C=O) groups excluding carboxylic acids is 1. The second kappa shape index (κ2) is 9.67. The first-order chi connectivity index (χ1) is 18.4. The molecule has 194 valence electrons. The van der Waals surface area contributed by atoms with Gasteiger partial charge in [0.05, 0.1) is 29.5 Å². The minimum atomic E-state index is -4.23. The summed E-state index contributed by atoms with van der Waals surface area (Å²) in [5.41, 5.74) is 3.43. The van der Waals surface area contributed by atoms with Gasteiger partial charge in [-0.1, -0.05) is 42.3 Å². The summed E-state index contributed by atoms with van der Waals surface area (Å²) in [5.74, 6) is -0.973. The number of piperidine rings is 1. The molecule has 4 aromatic rings. The van der Waals surface area contributed by atoms with Crippen molar-refractivity contribution in [3.05, 3.63) is 84.7 Å². The number of alkyl halides is 3. The third kappa shape index (κ3) is 4.41. The summed E-state index contributed by atoms with van der Waals surface area (Å²) in [4.78, 5) is 29.3. The molecular weight excluding hydrogens is 511 g/mol. The van der Waals surface area contributed by atoms with Crippen LogP contribution in [0.25, 0.3) is 21.9 Å². The third-order valence-corrected chi connectivity index (χ3v) is 8.57.